The Morgan fingerprint density at radius 2 is 1.37 bits per heavy atom. The molecule has 4 aromatic carbocycles. The van der Waals surface area contributed by atoms with E-state index in [1.807, 2.05) is 0 Å². The quantitative estimate of drug-likeness (QED) is 0.249. The summed E-state index contributed by atoms with van der Waals surface area (Å²) in [6, 6.07) is 26.4. The SMILES string of the molecule is CC1=Cc2c(cccc2-c2cc3ccccc3c3ccccc23)[CH]1.[Cl][Zr][Cl]. The summed E-state index contributed by atoms with van der Waals surface area (Å²) in [6.45, 7) is 2.17. The number of hydrogen-bond donors (Lipinski definition) is 0. The Balaban J connectivity index is 0.000000565. The average Bonchev–Trinajstić information content (AvgIpc) is 3.08. The number of hydrogen-bond acceptors (Lipinski definition) is 0. The van der Waals surface area contributed by atoms with Crippen molar-refractivity contribution in [3.63, 3.8) is 0 Å². The van der Waals surface area contributed by atoms with Crippen LogP contribution in [0.2, 0.25) is 0 Å². The van der Waals surface area contributed by atoms with Crippen molar-refractivity contribution in [2.24, 2.45) is 0 Å². The summed E-state index contributed by atoms with van der Waals surface area (Å²) >= 11 is -0.826. The minimum atomic E-state index is -0.826. The zero-order valence-electron chi connectivity index (χ0n) is 14.8. The maximum absolute atomic E-state index is 4.93. The predicted molar refractivity (Wildman–Crippen MR) is 116 cm³/mol. The molecule has 0 atom stereocenters. The van der Waals surface area contributed by atoms with Gasteiger partial charge in [0.2, 0.25) is 0 Å². The molecule has 0 fully saturated rings. The number of benzene rings is 4. The van der Waals surface area contributed by atoms with Gasteiger partial charge in [0, 0.05) is 6.42 Å². The first kappa shape index (κ1) is 18.9. The molecule has 5 rings (SSSR count). The van der Waals surface area contributed by atoms with Gasteiger partial charge in [-0.2, -0.15) is 0 Å². The Bertz CT molecular complexity index is 1160. The van der Waals surface area contributed by atoms with Crippen molar-refractivity contribution < 1.29 is 20.8 Å². The molecule has 1 aliphatic carbocycles. The van der Waals surface area contributed by atoms with Crippen LogP contribution in [-0.4, -0.2) is 0 Å². The molecule has 0 saturated carbocycles. The van der Waals surface area contributed by atoms with E-state index >= 15 is 0 Å². The van der Waals surface area contributed by atoms with E-state index in [2.05, 4.69) is 92.2 Å². The molecule has 0 aliphatic heterocycles. The van der Waals surface area contributed by atoms with E-state index in [0.717, 1.165) is 0 Å². The molecular weight excluding hydrogens is 450 g/mol. The van der Waals surface area contributed by atoms with Gasteiger partial charge in [0.15, 0.2) is 0 Å². The second kappa shape index (κ2) is 8.31. The summed E-state index contributed by atoms with van der Waals surface area (Å²) in [4.78, 5) is 0. The molecular formula is C24H17Cl2Zr. The predicted octanol–water partition coefficient (Wildman–Crippen LogP) is 8.01. The first-order valence-electron chi connectivity index (χ1n) is 8.76. The van der Waals surface area contributed by atoms with Crippen LogP contribution in [0, 0.1) is 6.42 Å². The topological polar surface area (TPSA) is 0 Å². The molecule has 3 heteroatoms. The zero-order valence-corrected chi connectivity index (χ0v) is 18.8. The van der Waals surface area contributed by atoms with Crippen molar-refractivity contribution in [1.82, 2.24) is 0 Å². The van der Waals surface area contributed by atoms with Crippen molar-refractivity contribution in [2.45, 2.75) is 6.92 Å². The summed E-state index contributed by atoms with van der Waals surface area (Å²) in [5.74, 6) is 0. The van der Waals surface area contributed by atoms with Crippen molar-refractivity contribution in [1.29, 1.82) is 0 Å². The Kier molecular flexibility index (Phi) is 5.83. The molecule has 0 unspecified atom stereocenters. The molecule has 4 aromatic rings. The molecule has 131 valence electrons. The van der Waals surface area contributed by atoms with Gasteiger partial charge in [-0.3, -0.25) is 0 Å². The van der Waals surface area contributed by atoms with E-state index < -0.39 is 20.8 Å². The number of halogens is 2. The fourth-order valence-electron chi connectivity index (χ4n) is 3.90. The Morgan fingerprint density at radius 3 is 2.15 bits per heavy atom. The minimum absolute atomic E-state index is 0.826. The molecule has 0 amide bonds. The summed E-state index contributed by atoms with van der Waals surface area (Å²) in [7, 11) is 9.87. The Labute approximate surface area is 178 Å². The van der Waals surface area contributed by atoms with Crippen LogP contribution in [0.3, 0.4) is 0 Å². The van der Waals surface area contributed by atoms with E-state index in [9.17, 15) is 0 Å². The van der Waals surface area contributed by atoms with Crippen LogP contribution in [0.25, 0.3) is 38.7 Å². The molecule has 0 bridgehead atoms. The van der Waals surface area contributed by atoms with Crippen LogP contribution >= 0.6 is 17.0 Å². The number of fused-ring (bicyclic) bond motifs is 4. The molecule has 0 nitrogen and oxygen atoms in total. The van der Waals surface area contributed by atoms with E-state index in [1.54, 1.807) is 0 Å². The number of allylic oxidation sites excluding steroid dienone is 1. The summed E-state index contributed by atoms with van der Waals surface area (Å²) < 4.78 is 0. The molecule has 1 radical (unpaired) electrons. The molecule has 0 heterocycles. The van der Waals surface area contributed by atoms with E-state index in [4.69, 9.17) is 17.0 Å². The van der Waals surface area contributed by atoms with Crippen LogP contribution in [0.1, 0.15) is 18.1 Å². The third kappa shape index (κ3) is 3.66. The van der Waals surface area contributed by atoms with Crippen molar-refractivity contribution in [3.05, 3.63) is 95.9 Å². The van der Waals surface area contributed by atoms with Crippen LogP contribution in [0.4, 0.5) is 0 Å². The van der Waals surface area contributed by atoms with Crippen molar-refractivity contribution in [2.75, 3.05) is 0 Å². The van der Waals surface area contributed by atoms with Crippen LogP contribution in [-0.2, 0) is 20.8 Å². The third-order valence-corrected chi connectivity index (χ3v) is 4.95. The van der Waals surface area contributed by atoms with Crippen LogP contribution < -0.4 is 0 Å². The van der Waals surface area contributed by atoms with Gasteiger partial charge >= 0.3 is 37.9 Å². The summed E-state index contributed by atoms with van der Waals surface area (Å²) in [6.07, 6.45) is 4.57. The average molecular weight is 468 g/mol. The second-order valence-electron chi connectivity index (χ2n) is 6.60. The van der Waals surface area contributed by atoms with Gasteiger partial charge in [0.25, 0.3) is 0 Å². The first-order chi connectivity index (χ1) is 13.2. The molecule has 0 N–H and O–H groups in total. The van der Waals surface area contributed by atoms with Gasteiger partial charge in [-0.1, -0.05) is 78.4 Å². The van der Waals surface area contributed by atoms with Crippen molar-refractivity contribution >= 4 is 44.6 Å². The Hall–Kier alpha value is -1.40. The fourth-order valence-corrected chi connectivity index (χ4v) is 3.90. The molecule has 0 saturated heterocycles. The molecule has 0 spiro atoms. The number of rotatable bonds is 1. The zero-order chi connectivity index (χ0) is 18.8. The van der Waals surface area contributed by atoms with Crippen molar-refractivity contribution in [3.8, 4) is 11.1 Å². The van der Waals surface area contributed by atoms with E-state index in [1.165, 1.54) is 49.4 Å². The van der Waals surface area contributed by atoms with Gasteiger partial charge in [0.05, 0.1) is 0 Å². The van der Waals surface area contributed by atoms with Gasteiger partial charge < -0.3 is 0 Å². The van der Waals surface area contributed by atoms with Gasteiger partial charge in [0.1, 0.15) is 0 Å². The van der Waals surface area contributed by atoms with E-state index in [-0.39, 0.29) is 0 Å². The molecule has 27 heavy (non-hydrogen) atoms. The maximum atomic E-state index is 4.93. The van der Waals surface area contributed by atoms with E-state index in [0.29, 0.717) is 0 Å². The van der Waals surface area contributed by atoms with Gasteiger partial charge in [-0.15, -0.1) is 0 Å². The van der Waals surface area contributed by atoms with Gasteiger partial charge in [-0.25, -0.2) is 0 Å². The second-order valence-corrected chi connectivity index (χ2v) is 10.3. The first-order valence-corrected chi connectivity index (χ1v) is 15.1. The Morgan fingerprint density at radius 1 is 0.704 bits per heavy atom. The van der Waals surface area contributed by atoms with Gasteiger partial charge in [-0.05, 0) is 56.8 Å². The standard InChI is InChI=1S/C24H17.2ClH.Zr/c1-16-13-17-8-6-12-22(23(17)14-16)24-15-18-7-2-3-9-19(18)20-10-4-5-11-21(20)24;;;/h2-15H,1H3;2*1H;/q;;;+2/p-2. The summed E-state index contributed by atoms with van der Waals surface area (Å²) in [5.41, 5.74) is 6.63. The van der Waals surface area contributed by atoms with Crippen LogP contribution in [0.15, 0.2) is 78.4 Å². The monoisotopic (exact) mass is 465 g/mol. The fraction of sp³-hybridized carbons (Fsp3) is 0.0417. The third-order valence-electron chi connectivity index (χ3n) is 4.95. The normalized spacial score (nSPS) is 12.3. The summed E-state index contributed by atoms with van der Waals surface area (Å²) in [5, 5.41) is 5.27. The molecule has 1 aliphatic rings. The molecule has 0 aromatic heterocycles. The van der Waals surface area contributed by atoms with Crippen LogP contribution in [0.5, 0.6) is 0 Å².